The van der Waals surface area contributed by atoms with Crippen LogP contribution in [0.5, 0.6) is 0 Å². The summed E-state index contributed by atoms with van der Waals surface area (Å²) >= 11 is 5.84. The van der Waals surface area contributed by atoms with Crippen LogP contribution in [0.3, 0.4) is 0 Å². The average molecular weight is 267 g/mol. The highest BCUT2D eigenvalue weighted by atomic mass is 35.5. The highest BCUT2D eigenvalue weighted by molar-refractivity contribution is 6.30. The predicted molar refractivity (Wildman–Crippen MR) is 75.4 cm³/mol. The molecule has 1 aromatic carbocycles. The Morgan fingerprint density at radius 3 is 2.61 bits per heavy atom. The van der Waals surface area contributed by atoms with E-state index in [4.69, 9.17) is 17.3 Å². The lowest BCUT2D eigenvalue weighted by Gasteiger charge is -2.19. The molecular weight excluding hydrogens is 248 g/mol. The number of hydrogen-bond donors (Lipinski definition) is 2. The maximum absolute atomic E-state index is 11.8. The van der Waals surface area contributed by atoms with E-state index in [1.165, 1.54) is 0 Å². The first kappa shape index (κ1) is 14.7. The molecule has 0 aliphatic heterocycles. The predicted octanol–water partition coefficient (Wildman–Crippen LogP) is 2.81. The van der Waals surface area contributed by atoms with E-state index in [2.05, 4.69) is 11.9 Å². The zero-order valence-corrected chi connectivity index (χ0v) is 11.3. The van der Waals surface area contributed by atoms with Gasteiger partial charge in [-0.1, -0.05) is 36.7 Å². The third-order valence-electron chi connectivity index (χ3n) is 2.75. The number of carbonyl (C=O) groups excluding carboxylic acids is 1. The van der Waals surface area contributed by atoms with Crippen molar-refractivity contribution in [3.05, 3.63) is 47.5 Å². The van der Waals surface area contributed by atoms with Gasteiger partial charge in [-0.15, -0.1) is 6.58 Å². The summed E-state index contributed by atoms with van der Waals surface area (Å²) in [5.74, 6) is -0.156. The van der Waals surface area contributed by atoms with Crippen molar-refractivity contribution in [2.24, 2.45) is 5.73 Å². The molecule has 0 bridgehead atoms. The Morgan fingerprint density at radius 1 is 1.50 bits per heavy atom. The minimum absolute atomic E-state index is 0.0365. The second-order valence-electron chi connectivity index (χ2n) is 4.15. The summed E-state index contributed by atoms with van der Waals surface area (Å²) < 4.78 is 0. The van der Waals surface area contributed by atoms with Gasteiger partial charge in [-0.25, -0.2) is 0 Å². The molecular formula is C14H19ClN2O. The van der Waals surface area contributed by atoms with Crippen LogP contribution in [0.4, 0.5) is 0 Å². The number of amides is 1. The Kier molecular flexibility index (Phi) is 5.89. The smallest absolute Gasteiger partial charge is 0.237 e. The van der Waals surface area contributed by atoms with E-state index in [1.54, 1.807) is 6.08 Å². The monoisotopic (exact) mass is 266 g/mol. The summed E-state index contributed by atoms with van der Waals surface area (Å²) in [6, 6.07) is 6.88. The second kappa shape index (κ2) is 7.19. The zero-order valence-electron chi connectivity index (χ0n) is 10.5. The number of nitrogens with two attached hydrogens (primary N) is 1. The van der Waals surface area contributed by atoms with Gasteiger partial charge in [-0.05, 0) is 30.5 Å². The van der Waals surface area contributed by atoms with Gasteiger partial charge in [0.05, 0.1) is 12.1 Å². The Bertz CT molecular complexity index is 403. The van der Waals surface area contributed by atoms with Crippen LogP contribution in [0.15, 0.2) is 36.9 Å². The van der Waals surface area contributed by atoms with Crippen molar-refractivity contribution in [2.45, 2.75) is 31.8 Å². The van der Waals surface area contributed by atoms with Crippen molar-refractivity contribution in [1.82, 2.24) is 5.32 Å². The van der Waals surface area contributed by atoms with E-state index in [0.717, 1.165) is 12.0 Å². The van der Waals surface area contributed by atoms with Crippen molar-refractivity contribution in [3.63, 3.8) is 0 Å². The molecule has 1 aromatic rings. The molecule has 0 spiro atoms. The molecule has 4 heteroatoms. The van der Waals surface area contributed by atoms with Gasteiger partial charge in [-0.2, -0.15) is 0 Å². The quantitative estimate of drug-likeness (QED) is 0.778. The van der Waals surface area contributed by atoms with Gasteiger partial charge in [0.25, 0.3) is 0 Å². The van der Waals surface area contributed by atoms with Crippen LogP contribution in [0, 0.1) is 0 Å². The van der Waals surface area contributed by atoms with Crippen molar-refractivity contribution in [1.29, 1.82) is 0 Å². The topological polar surface area (TPSA) is 55.1 Å². The van der Waals surface area contributed by atoms with Crippen LogP contribution < -0.4 is 11.1 Å². The summed E-state index contributed by atoms with van der Waals surface area (Å²) in [6.07, 6.45) is 2.92. The van der Waals surface area contributed by atoms with Crippen molar-refractivity contribution < 1.29 is 4.79 Å². The van der Waals surface area contributed by atoms with Crippen molar-refractivity contribution >= 4 is 17.5 Å². The maximum atomic E-state index is 11.8. The Morgan fingerprint density at radius 2 is 2.11 bits per heavy atom. The third-order valence-corrected chi connectivity index (χ3v) is 3.01. The Labute approximate surface area is 113 Å². The molecule has 0 aliphatic carbocycles. The summed E-state index contributed by atoms with van der Waals surface area (Å²) in [7, 11) is 0. The highest BCUT2D eigenvalue weighted by Gasteiger charge is 2.17. The fraction of sp³-hybridized carbons (Fsp3) is 0.357. The summed E-state index contributed by atoms with van der Waals surface area (Å²) in [4.78, 5) is 11.8. The molecule has 1 amide bonds. The number of rotatable bonds is 6. The fourth-order valence-corrected chi connectivity index (χ4v) is 1.81. The number of nitrogens with one attached hydrogen (secondary N) is 1. The maximum Gasteiger partial charge on any atom is 0.237 e. The average Bonchev–Trinajstić information content (AvgIpc) is 2.37. The van der Waals surface area contributed by atoms with E-state index >= 15 is 0 Å². The number of halogens is 1. The highest BCUT2D eigenvalue weighted by Crippen LogP contribution is 2.19. The SMILES string of the molecule is C=CCC(N)C(=O)NC(CC)c1ccc(Cl)cc1. The molecule has 98 valence electrons. The molecule has 0 saturated heterocycles. The van der Waals surface area contributed by atoms with E-state index in [-0.39, 0.29) is 11.9 Å². The Hall–Kier alpha value is -1.32. The van der Waals surface area contributed by atoms with Crippen LogP contribution in [0.25, 0.3) is 0 Å². The first-order valence-corrected chi connectivity index (χ1v) is 6.38. The third kappa shape index (κ3) is 4.17. The fourth-order valence-electron chi connectivity index (χ4n) is 1.68. The number of hydrogen-bond acceptors (Lipinski definition) is 2. The van der Waals surface area contributed by atoms with Gasteiger partial charge in [0, 0.05) is 5.02 Å². The zero-order chi connectivity index (χ0) is 13.5. The first-order chi connectivity index (χ1) is 8.58. The largest absolute Gasteiger partial charge is 0.348 e. The van der Waals surface area contributed by atoms with Gasteiger partial charge in [0.2, 0.25) is 5.91 Å². The summed E-state index contributed by atoms with van der Waals surface area (Å²) in [5, 5.41) is 3.62. The summed E-state index contributed by atoms with van der Waals surface area (Å²) in [6.45, 7) is 5.59. The standard InChI is InChI=1S/C14H19ClN2O/c1-3-5-12(16)14(18)17-13(4-2)10-6-8-11(15)9-7-10/h3,6-9,12-13H,1,4-5,16H2,2H3,(H,17,18). The Balaban J connectivity index is 2.70. The van der Waals surface area contributed by atoms with E-state index in [0.29, 0.717) is 11.4 Å². The van der Waals surface area contributed by atoms with Crippen molar-refractivity contribution in [2.75, 3.05) is 0 Å². The minimum Gasteiger partial charge on any atom is -0.348 e. The van der Waals surface area contributed by atoms with Crippen LogP contribution in [-0.4, -0.2) is 11.9 Å². The van der Waals surface area contributed by atoms with Crippen LogP contribution >= 0.6 is 11.6 Å². The second-order valence-corrected chi connectivity index (χ2v) is 4.59. The van der Waals surface area contributed by atoms with Crippen LogP contribution in [0.2, 0.25) is 5.02 Å². The van der Waals surface area contributed by atoms with E-state index in [9.17, 15) is 4.79 Å². The molecule has 2 unspecified atom stereocenters. The van der Waals surface area contributed by atoms with Gasteiger partial charge in [-0.3, -0.25) is 4.79 Å². The van der Waals surface area contributed by atoms with Gasteiger partial charge >= 0.3 is 0 Å². The number of benzene rings is 1. The molecule has 18 heavy (non-hydrogen) atoms. The molecule has 0 radical (unpaired) electrons. The lowest BCUT2D eigenvalue weighted by atomic mass is 10.0. The van der Waals surface area contributed by atoms with Crippen LogP contribution in [0.1, 0.15) is 31.4 Å². The van der Waals surface area contributed by atoms with Crippen molar-refractivity contribution in [3.8, 4) is 0 Å². The minimum atomic E-state index is -0.538. The lowest BCUT2D eigenvalue weighted by molar-refractivity contribution is -0.123. The molecule has 2 atom stereocenters. The molecule has 0 aromatic heterocycles. The molecule has 1 rings (SSSR count). The van der Waals surface area contributed by atoms with Gasteiger partial charge in [0.1, 0.15) is 0 Å². The normalized spacial score (nSPS) is 13.7. The molecule has 0 heterocycles. The van der Waals surface area contributed by atoms with Crippen LogP contribution in [-0.2, 0) is 4.79 Å². The molecule has 3 nitrogen and oxygen atoms in total. The first-order valence-electron chi connectivity index (χ1n) is 6.00. The van der Waals surface area contributed by atoms with Gasteiger partial charge in [0.15, 0.2) is 0 Å². The molecule has 3 N–H and O–H groups in total. The van der Waals surface area contributed by atoms with Gasteiger partial charge < -0.3 is 11.1 Å². The lowest BCUT2D eigenvalue weighted by Crippen LogP contribution is -2.41. The molecule has 0 saturated carbocycles. The molecule has 0 fully saturated rings. The molecule has 0 aliphatic rings. The van der Waals surface area contributed by atoms with E-state index < -0.39 is 6.04 Å². The van der Waals surface area contributed by atoms with E-state index in [1.807, 2.05) is 31.2 Å². The number of carbonyl (C=O) groups is 1. The summed E-state index contributed by atoms with van der Waals surface area (Å²) in [5.41, 5.74) is 6.76.